The van der Waals surface area contributed by atoms with Gasteiger partial charge < -0.3 is 9.15 Å². The Balaban J connectivity index is 1.97. The Morgan fingerprint density at radius 2 is 2.04 bits per heavy atom. The van der Waals surface area contributed by atoms with E-state index in [2.05, 4.69) is 9.97 Å². The van der Waals surface area contributed by atoms with Crippen LogP contribution in [0.25, 0.3) is 22.1 Å². The van der Waals surface area contributed by atoms with Crippen LogP contribution in [0.3, 0.4) is 0 Å². The van der Waals surface area contributed by atoms with Crippen LogP contribution >= 0.6 is 11.6 Å². The van der Waals surface area contributed by atoms with Gasteiger partial charge in [-0.25, -0.2) is 9.97 Å². The molecule has 0 amide bonds. The summed E-state index contributed by atoms with van der Waals surface area (Å²) in [5.41, 5.74) is 1.90. The maximum absolute atomic E-state index is 12.9. The molecule has 7 heteroatoms. The summed E-state index contributed by atoms with van der Waals surface area (Å²) in [5.74, 6) is 1.18. The van der Waals surface area contributed by atoms with Gasteiger partial charge in [-0.15, -0.1) is 0 Å². The van der Waals surface area contributed by atoms with Gasteiger partial charge in [0.1, 0.15) is 11.4 Å². The van der Waals surface area contributed by atoms with Crippen molar-refractivity contribution in [2.24, 2.45) is 0 Å². The third-order valence-electron chi connectivity index (χ3n) is 4.02. The van der Waals surface area contributed by atoms with Gasteiger partial charge in [0.25, 0.3) is 5.56 Å². The minimum Gasteiger partial charge on any atom is -0.497 e. The van der Waals surface area contributed by atoms with E-state index in [0.717, 1.165) is 11.3 Å². The highest BCUT2D eigenvalue weighted by atomic mass is 35.5. The summed E-state index contributed by atoms with van der Waals surface area (Å²) in [6.45, 7) is 2.06. The molecule has 0 unspecified atom stereocenters. The Bertz CT molecular complexity index is 1150. The molecule has 0 bridgehead atoms. The topological polar surface area (TPSA) is 70.2 Å². The quantitative estimate of drug-likeness (QED) is 0.562. The van der Waals surface area contributed by atoms with Crippen LogP contribution in [0.5, 0.6) is 5.75 Å². The maximum Gasteiger partial charge on any atom is 0.282 e. The lowest BCUT2D eigenvalue weighted by atomic mass is 10.2. The lowest BCUT2D eigenvalue weighted by Gasteiger charge is -2.10. The average molecular weight is 356 g/mol. The molecule has 25 heavy (non-hydrogen) atoms. The summed E-state index contributed by atoms with van der Waals surface area (Å²) in [7, 11) is 1.61. The Labute approximate surface area is 147 Å². The number of nitrogens with zero attached hydrogens (tertiary/aromatic N) is 3. The summed E-state index contributed by atoms with van der Waals surface area (Å²) < 4.78 is 12.4. The Morgan fingerprint density at radius 3 is 2.76 bits per heavy atom. The first-order valence-corrected chi connectivity index (χ1v) is 8.03. The third kappa shape index (κ3) is 2.64. The number of oxazole rings is 1. The van der Waals surface area contributed by atoms with Crippen LogP contribution in [0.15, 0.2) is 45.7 Å². The fourth-order valence-corrected chi connectivity index (χ4v) is 3.01. The first-order valence-electron chi connectivity index (χ1n) is 7.65. The van der Waals surface area contributed by atoms with E-state index in [4.69, 9.17) is 20.8 Å². The monoisotopic (exact) mass is 355 g/mol. The molecule has 1 aromatic carbocycles. The van der Waals surface area contributed by atoms with Gasteiger partial charge in [0.2, 0.25) is 0 Å². The molecule has 4 aromatic rings. The maximum atomic E-state index is 12.9. The number of methoxy groups -OCH3 is 1. The van der Waals surface area contributed by atoms with E-state index in [0.29, 0.717) is 34.1 Å². The van der Waals surface area contributed by atoms with Crippen molar-refractivity contribution < 1.29 is 9.15 Å². The second kappa shape index (κ2) is 5.89. The molecule has 0 fully saturated rings. The number of pyridine rings is 2. The SMILES string of the molecule is COc1ccc(Cn2c(=O)c3nc(C)oc3c3cc(Cl)cnc32)cc1. The molecular weight excluding hydrogens is 342 g/mol. The fraction of sp³-hybridized carbons (Fsp3) is 0.167. The normalized spacial score (nSPS) is 11.3. The van der Waals surface area contributed by atoms with Crippen LogP contribution in [-0.2, 0) is 6.54 Å². The van der Waals surface area contributed by atoms with Crippen LogP contribution in [0.1, 0.15) is 11.5 Å². The highest BCUT2D eigenvalue weighted by Gasteiger charge is 2.17. The molecular formula is C18H14ClN3O3. The van der Waals surface area contributed by atoms with Gasteiger partial charge in [-0.1, -0.05) is 23.7 Å². The third-order valence-corrected chi connectivity index (χ3v) is 4.22. The molecule has 0 spiro atoms. The van der Waals surface area contributed by atoms with Crippen molar-refractivity contribution in [2.45, 2.75) is 13.5 Å². The standard InChI is InChI=1S/C18H14ClN3O3/c1-10-21-15-16(25-10)14-7-12(19)8-20-17(14)22(18(15)23)9-11-3-5-13(24-2)6-4-11/h3-8H,9H2,1-2H3. The number of benzene rings is 1. The number of halogens is 1. The molecule has 3 aromatic heterocycles. The molecule has 0 aliphatic carbocycles. The highest BCUT2D eigenvalue weighted by Crippen LogP contribution is 2.25. The smallest absolute Gasteiger partial charge is 0.282 e. The fourth-order valence-electron chi connectivity index (χ4n) is 2.85. The molecule has 0 saturated heterocycles. The molecule has 6 nitrogen and oxygen atoms in total. The van der Waals surface area contributed by atoms with Crippen LogP contribution in [0, 0.1) is 6.92 Å². The summed E-state index contributed by atoms with van der Waals surface area (Å²) in [5, 5.41) is 1.13. The van der Waals surface area contributed by atoms with E-state index in [1.165, 1.54) is 6.20 Å². The second-order valence-electron chi connectivity index (χ2n) is 5.67. The molecule has 0 aliphatic rings. The number of ether oxygens (including phenoxy) is 1. The van der Waals surface area contributed by atoms with Crippen molar-refractivity contribution in [1.82, 2.24) is 14.5 Å². The average Bonchev–Trinajstić information content (AvgIpc) is 3.01. The minimum atomic E-state index is -0.245. The zero-order valence-corrected chi connectivity index (χ0v) is 14.4. The second-order valence-corrected chi connectivity index (χ2v) is 6.11. The molecule has 0 N–H and O–H groups in total. The number of hydrogen-bond donors (Lipinski definition) is 0. The van der Waals surface area contributed by atoms with E-state index in [9.17, 15) is 4.79 Å². The van der Waals surface area contributed by atoms with Gasteiger partial charge in [-0.05, 0) is 23.8 Å². The summed E-state index contributed by atoms with van der Waals surface area (Å²) >= 11 is 6.09. The molecule has 126 valence electrons. The van der Waals surface area contributed by atoms with E-state index >= 15 is 0 Å². The first kappa shape index (κ1) is 15.7. The van der Waals surface area contributed by atoms with Gasteiger partial charge in [0, 0.05) is 13.1 Å². The van der Waals surface area contributed by atoms with Crippen molar-refractivity contribution in [3.8, 4) is 5.75 Å². The van der Waals surface area contributed by atoms with Gasteiger partial charge in [0.05, 0.1) is 24.1 Å². The number of aromatic nitrogens is 3. The van der Waals surface area contributed by atoms with Crippen LogP contribution in [0.2, 0.25) is 5.02 Å². The van der Waals surface area contributed by atoms with Crippen molar-refractivity contribution in [2.75, 3.05) is 7.11 Å². The van der Waals surface area contributed by atoms with Crippen molar-refractivity contribution in [1.29, 1.82) is 0 Å². The molecule has 0 atom stereocenters. The Hall–Kier alpha value is -2.86. The van der Waals surface area contributed by atoms with Gasteiger partial charge in [0.15, 0.2) is 17.0 Å². The van der Waals surface area contributed by atoms with Gasteiger partial charge in [-0.2, -0.15) is 0 Å². The Morgan fingerprint density at radius 1 is 1.28 bits per heavy atom. The molecule has 0 radical (unpaired) electrons. The predicted molar refractivity (Wildman–Crippen MR) is 95.4 cm³/mol. The Kier molecular flexibility index (Phi) is 3.69. The summed E-state index contributed by atoms with van der Waals surface area (Å²) in [4.78, 5) is 21.5. The summed E-state index contributed by atoms with van der Waals surface area (Å²) in [6, 6.07) is 9.26. The number of hydrogen-bond acceptors (Lipinski definition) is 5. The van der Waals surface area contributed by atoms with E-state index in [1.807, 2.05) is 24.3 Å². The molecule has 0 aliphatic heterocycles. The van der Waals surface area contributed by atoms with Crippen LogP contribution < -0.4 is 10.3 Å². The zero-order valence-electron chi connectivity index (χ0n) is 13.6. The number of aryl methyl sites for hydroxylation is 1. The van der Waals surface area contributed by atoms with Gasteiger partial charge in [-0.3, -0.25) is 9.36 Å². The molecule has 0 saturated carbocycles. The summed E-state index contributed by atoms with van der Waals surface area (Å²) in [6.07, 6.45) is 1.52. The first-order chi connectivity index (χ1) is 12.1. The predicted octanol–water partition coefficient (Wildman–Crippen LogP) is 3.56. The number of fused-ring (bicyclic) bond motifs is 3. The molecule has 3 heterocycles. The van der Waals surface area contributed by atoms with Crippen LogP contribution in [0.4, 0.5) is 0 Å². The highest BCUT2D eigenvalue weighted by molar-refractivity contribution is 6.31. The lowest BCUT2D eigenvalue weighted by molar-refractivity contribution is 0.414. The largest absolute Gasteiger partial charge is 0.497 e. The number of rotatable bonds is 3. The zero-order chi connectivity index (χ0) is 17.6. The van der Waals surface area contributed by atoms with Crippen molar-refractivity contribution in [3.63, 3.8) is 0 Å². The minimum absolute atomic E-state index is 0.245. The van der Waals surface area contributed by atoms with E-state index in [-0.39, 0.29) is 11.1 Å². The van der Waals surface area contributed by atoms with Crippen molar-refractivity contribution in [3.05, 3.63) is 63.4 Å². The van der Waals surface area contributed by atoms with Crippen LogP contribution in [-0.4, -0.2) is 21.6 Å². The molecule has 4 rings (SSSR count). The van der Waals surface area contributed by atoms with E-state index < -0.39 is 0 Å². The van der Waals surface area contributed by atoms with Crippen molar-refractivity contribution >= 4 is 33.7 Å². The van der Waals surface area contributed by atoms with Gasteiger partial charge >= 0.3 is 0 Å². The van der Waals surface area contributed by atoms with E-state index in [1.54, 1.807) is 24.7 Å². The lowest BCUT2D eigenvalue weighted by Crippen LogP contribution is -2.22.